The monoisotopic (exact) mass is 237 g/mol. The molecule has 0 aliphatic carbocycles. The molecule has 1 nitrogen and oxygen atoms in total. The maximum absolute atomic E-state index is 2.37. The Morgan fingerprint density at radius 2 is 1.76 bits per heavy atom. The van der Waals surface area contributed by atoms with Crippen LogP contribution in [0.25, 0.3) is 16.6 Å². The second kappa shape index (κ2) is 3.41. The van der Waals surface area contributed by atoms with E-state index in [0.717, 1.165) is 5.75 Å². The first-order chi connectivity index (χ1) is 8.43. The van der Waals surface area contributed by atoms with E-state index in [1.54, 1.807) is 0 Å². The maximum Gasteiger partial charge on any atom is 0.0808 e. The smallest absolute Gasteiger partial charge is 0.0808 e. The van der Waals surface area contributed by atoms with Crippen molar-refractivity contribution >= 4 is 22.7 Å². The summed E-state index contributed by atoms with van der Waals surface area (Å²) in [4.78, 5) is 0. The first-order valence-electron chi connectivity index (χ1n) is 5.75. The Morgan fingerprint density at radius 1 is 0.941 bits per heavy atom. The van der Waals surface area contributed by atoms with Gasteiger partial charge >= 0.3 is 0 Å². The zero-order valence-electron chi connectivity index (χ0n) is 9.26. The van der Waals surface area contributed by atoms with Gasteiger partial charge in [-0.3, -0.25) is 0 Å². The lowest BCUT2D eigenvalue weighted by atomic mass is 10.2. The number of hydrogen-bond acceptors (Lipinski definition) is 1. The van der Waals surface area contributed by atoms with Crippen LogP contribution in [0.1, 0.15) is 5.56 Å². The molecule has 2 aromatic carbocycles. The molecule has 1 aromatic heterocycles. The summed E-state index contributed by atoms with van der Waals surface area (Å²) in [6.45, 7) is 0. The molecule has 0 saturated carbocycles. The summed E-state index contributed by atoms with van der Waals surface area (Å²) in [5.74, 6) is 1.08. The Bertz CT molecular complexity index is 712. The van der Waals surface area contributed by atoms with Crippen LogP contribution in [0.4, 0.5) is 0 Å². The summed E-state index contributed by atoms with van der Waals surface area (Å²) in [5.41, 5.74) is 4.07. The summed E-state index contributed by atoms with van der Waals surface area (Å²) < 4.78 is 2.37. The van der Waals surface area contributed by atoms with Crippen LogP contribution in [0.15, 0.2) is 59.6 Å². The molecule has 0 fully saturated rings. The number of hydrogen-bond donors (Lipinski definition) is 0. The Kier molecular flexibility index (Phi) is 1.88. The van der Waals surface area contributed by atoms with Gasteiger partial charge in [-0.1, -0.05) is 36.4 Å². The van der Waals surface area contributed by atoms with Crippen molar-refractivity contribution < 1.29 is 0 Å². The number of rotatable bonds is 0. The second-order valence-corrected chi connectivity index (χ2v) is 5.29. The molecule has 0 radical (unpaired) electrons. The number of fused-ring (bicyclic) bond motifs is 5. The minimum absolute atomic E-state index is 1.08. The number of para-hydroxylation sites is 2. The average Bonchev–Trinajstić information content (AvgIpc) is 2.77. The summed E-state index contributed by atoms with van der Waals surface area (Å²) in [6.07, 6.45) is 0. The van der Waals surface area contributed by atoms with Gasteiger partial charge in [0.25, 0.3) is 0 Å². The molecule has 0 bridgehead atoms. The predicted molar refractivity (Wildman–Crippen MR) is 72.8 cm³/mol. The number of benzene rings is 2. The van der Waals surface area contributed by atoms with Gasteiger partial charge in [-0.25, -0.2) is 0 Å². The molecule has 17 heavy (non-hydrogen) atoms. The average molecular weight is 237 g/mol. The van der Waals surface area contributed by atoms with Gasteiger partial charge in [-0.2, -0.15) is 0 Å². The van der Waals surface area contributed by atoms with E-state index < -0.39 is 0 Å². The number of aromatic nitrogens is 1. The molecule has 0 spiro atoms. The molecule has 0 amide bonds. The number of nitrogens with zero attached hydrogens (tertiary/aromatic N) is 1. The lowest BCUT2D eigenvalue weighted by molar-refractivity contribution is 0.958. The summed E-state index contributed by atoms with van der Waals surface area (Å²) in [6, 6.07) is 19.6. The number of thioether (sulfide) groups is 1. The maximum atomic E-state index is 2.37. The van der Waals surface area contributed by atoms with Crippen LogP contribution < -0.4 is 0 Å². The van der Waals surface area contributed by atoms with Gasteiger partial charge in [0, 0.05) is 11.1 Å². The largest absolute Gasteiger partial charge is 0.304 e. The van der Waals surface area contributed by atoms with Crippen molar-refractivity contribution in [3.05, 3.63) is 60.2 Å². The van der Waals surface area contributed by atoms with E-state index >= 15 is 0 Å². The van der Waals surface area contributed by atoms with Gasteiger partial charge in [-0.15, -0.1) is 11.8 Å². The third-order valence-electron chi connectivity index (χ3n) is 3.29. The summed E-state index contributed by atoms with van der Waals surface area (Å²) in [5, 5.41) is 2.68. The highest BCUT2D eigenvalue weighted by molar-refractivity contribution is 7.98. The van der Waals surface area contributed by atoms with E-state index in [1.165, 1.54) is 27.2 Å². The molecule has 2 heteroatoms. The van der Waals surface area contributed by atoms with Crippen molar-refractivity contribution in [3.63, 3.8) is 0 Å². The molecule has 4 rings (SSSR count). The summed E-state index contributed by atoms with van der Waals surface area (Å²) in [7, 11) is 0. The molecule has 2 heterocycles. The Labute approximate surface area is 104 Å². The van der Waals surface area contributed by atoms with Crippen LogP contribution in [-0.4, -0.2) is 4.57 Å². The molecule has 1 aliphatic heterocycles. The van der Waals surface area contributed by atoms with Gasteiger partial charge in [0.05, 0.1) is 16.2 Å². The van der Waals surface area contributed by atoms with Crippen molar-refractivity contribution in [1.29, 1.82) is 0 Å². The van der Waals surface area contributed by atoms with Gasteiger partial charge in [0.15, 0.2) is 0 Å². The molecular weight excluding hydrogens is 226 g/mol. The van der Waals surface area contributed by atoms with E-state index in [4.69, 9.17) is 0 Å². The zero-order valence-corrected chi connectivity index (χ0v) is 10.1. The standard InChI is InChI=1S/C15H11NS/c1-3-7-13-11(5-1)9-15-16(13)14-8-4-2-6-12(14)10-17-15/h1-9H,10H2. The Hall–Kier alpha value is -1.67. The highest BCUT2D eigenvalue weighted by atomic mass is 32.2. The topological polar surface area (TPSA) is 4.93 Å². The van der Waals surface area contributed by atoms with Crippen LogP contribution in [0.5, 0.6) is 0 Å². The lowest BCUT2D eigenvalue weighted by Crippen LogP contribution is -2.04. The quantitative estimate of drug-likeness (QED) is 0.566. The first-order valence-corrected chi connectivity index (χ1v) is 6.73. The molecule has 0 saturated heterocycles. The minimum Gasteiger partial charge on any atom is -0.304 e. The van der Waals surface area contributed by atoms with Crippen LogP contribution in [0.3, 0.4) is 0 Å². The molecular formula is C15H11NS. The van der Waals surface area contributed by atoms with Gasteiger partial charge in [-0.05, 0) is 23.8 Å². The molecule has 0 N–H and O–H groups in total. The van der Waals surface area contributed by atoms with E-state index in [9.17, 15) is 0 Å². The molecule has 0 atom stereocenters. The molecule has 0 unspecified atom stereocenters. The van der Waals surface area contributed by atoms with Crippen molar-refractivity contribution in [1.82, 2.24) is 4.57 Å². The third kappa shape index (κ3) is 1.28. The highest BCUT2D eigenvalue weighted by Gasteiger charge is 2.17. The fraction of sp³-hybridized carbons (Fsp3) is 0.0667. The SMILES string of the molecule is c1ccc2c(c1)CSc1cc3ccccc3n1-2. The van der Waals surface area contributed by atoms with Gasteiger partial charge in [0.2, 0.25) is 0 Å². The highest BCUT2D eigenvalue weighted by Crippen LogP contribution is 2.38. The van der Waals surface area contributed by atoms with Crippen LogP contribution in [0.2, 0.25) is 0 Å². The fourth-order valence-corrected chi connectivity index (χ4v) is 3.57. The van der Waals surface area contributed by atoms with Crippen molar-refractivity contribution in [2.45, 2.75) is 10.8 Å². The van der Waals surface area contributed by atoms with Crippen molar-refractivity contribution in [2.75, 3.05) is 0 Å². The van der Waals surface area contributed by atoms with Crippen LogP contribution in [0, 0.1) is 0 Å². The Balaban J connectivity index is 2.14. The summed E-state index contributed by atoms with van der Waals surface area (Å²) >= 11 is 1.92. The molecule has 3 aromatic rings. The predicted octanol–water partition coefficient (Wildman–Crippen LogP) is 4.24. The van der Waals surface area contributed by atoms with E-state index in [2.05, 4.69) is 59.2 Å². The van der Waals surface area contributed by atoms with Crippen LogP contribution >= 0.6 is 11.8 Å². The first kappa shape index (κ1) is 9.37. The van der Waals surface area contributed by atoms with Gasteiger partial charge in [0.1, 0.15) is 0 Å². The second-order valence-electron chi connectivity index (χ2n) is 4.29. The lowest BCUT2D eigenvalue weighted by Gasteiger charge is -2.19. The van der Waals surface area contributed by atoms with E-state index in [0.29, 0.717) is 0 Å². The molecule has 1 aliphatic rings. The van der Waals surface area contributed by atoms with Gasteiger partial charge < -0.3 is 4.57 Å². The minimum atomic E-state index is 1.08. The van der Waals surface area contributed by atoms with Crippen LogP contribution in [-0.2, 0) is 5.75 Å². The molecule has 82 valence electrons. The fourth-order valence-electron chi connectivity index (χ4n) is 2.49. The van der Waals surface area contributed by atoms with Crippen molar-refractivity contribution in [2.24, 2.45) is 0 Å². The van der Waals surface area contributed by atoms with E-state index in [1.807, 2.05) is 11.8 Å². The van der Waals surface area contributed by atoms with E-state index in [-0.39, 0.29) is 0 Å². The van der Waals surface area contributed by atoms with Crippen molar-refractivity contribution in [3.8, 4) is 5.69 Å². The normalized spacial score (nSPS) is 13.4. The third-order valence-corrected chi connectivity index (χ3v) is 4.34. The zero-order chi connectivity index (χ0) is 11.2. The Morgan fingerprint density at radius 3 is 2.76 bits per heavy atom.